The van der Waals surface area contributed by atoms with E-state index in [4.69, 9.17) is 16.0 Å². The molecular formula is C15H14ClNO3S. The van der Waals surface area contributed by atoms with Gasteiger partial charge in [-0.1, -0.05) is 17.7 Å². The van der Waals surface area contributed by atoms with Crippen molar-refractivity contribution in [2.75, 3.05) is 0 Å². The van der Waals surface area contributed by atoms with E-state index >= 15 is 0 Å². The number of benzene rings is 1. The smallest absolute Gasteiger partial charge is 0.408 e. The second-order valence-electron chi connectivity index (χ2n) is 4.84. The van der Waals surface area contributed by atoms with E-state index in [9.17, 15) is 9.90 Å². The van der Waals surface area contributed by atoms with Crippen LogP contribution in [0.5, 0.6) is 0 Å². The summed E-state index contributed by atoms with van der Waals surface area (Å²) in [5.41, 5.74) is 2.80. The summed E-state index contributed by atoms with van der Waals surface area (Å²) in [6, 6.07) is 5.27. The Morgan fingerprint density at radius 1 is 1.48 bits per heavy atom. The van der Waals surface area contributed by atoms with Gasteiger partial charge in [-0.3, -0.25) is 4.57 Å². The van der Waals surface area contributed by atoms with Crippen molar-refractivity contribution >= 4 is 34.0 Å². The minimum absolute atomic E-state index is 0.385. The third-order valence-corrected chi connectivity index (χ3v) is 5.26. The van der Waals surface area contributed by atoms with Crippen molar-refractivity contribution in [1.82, 2.24) is 4.57 Å². The Morgan fingerprint density at radius 2 is 2.24 bits per heavy atom. The molecule has 6 heteroatoms. The van der Waals surface area contributed by atoms with E-state index in [0.29, 0.717) is 27.6 Å². The van der Waals surface area contributed by atoms with Crippen LogP contribution in [0.3, 0.4) is 0 Å². The number of aliphatic hydroxyl groups is 1. The molecule has 110 valence electrons. The van der Waals surface area contributed by atoms with Crippen molar-refractivity contribution in [2.45, 2.75) is 26.5 Å². The molecular weight excluding hydrogens is 310 g/mol. The Morgan fingerprint density at radius 3 is 2.86 bits per heavy atom. The van der Waals surface area contributed by atoms with Gasteiger partial charge in [0.15, 0.2) is 5.58 Å². The predicted molar refractivity (Wildman–Crippen MR) is 84.3 cm³/mol. The third-order valence-electron chi connectivity index (χ3n) is 3.50. The number of halogens is 1. The molecule has 3 aromatic rings. The maximum absolute atomic E-state index is 11.7. The summed E-state index contributed by atoms with van der Waals surface area (Å²) in [6.45, 7) is 4.33. The minimum Gasteiger partial charge on any atom is -0.408 e. The number of thiophene rings is 1. The molecule has 0 saturated carbocycles. The molecule has 21 heavy (non-hydrogen) atoms. The fourth-order valence-electron chi connectivity index (χ4n) is 2.34. The molecule has 1 atom stereocenters. The van der Waals surface area contributed by atoms with Crippen molar-refractivity contribution in [1.29, 1.82) is 0 Å². The largest absolute Gasteiger partial charge is 0.419 e. The molecule has 0 spiro atoms. The lowest BCUT2D eigenvalue weighted by Gasteiger charge is -2.10. The number of hydrogen-bond acceptors (Lipinski definition) is 4. The molecule has 0 amide bonds. The zero-order valence-corrected chi connectivity index (χ0v) is 13.2. The molecule has 0 saturated heterocycles. The molecule has 0 aliphatic rings. The van der Waals surface area contributed by atoms with Gasteiger partial charge in [0, 0.05) is 6.54 Å². The van der Waals surface area contributed by atoms with E-state index in [1.165, 1.54) is 11.3 Å². The van der Waals surface area contributed by atoms with Crippen LogP contribution in [0.4, 0.5) is 0 Å². The van der Waals surface area contributed by atoms with E-state index in [1.807, 2.05) is 19.2 Å². The molecule has 0 aliphatic heterocycles. The molecule has 3 rings (SSSR count). The number of fused-ring (bicyclic) bond motifs is 1. The van der Waals surface area contributed by atoms with Crippen molar-refractivity contribution < 1.29 is 9.52 Å². The van der Waals surface area contributed by atoms with Crippen LogP contribution >= 0.6 is 22.9 Å². The summed E-state index contributed by atoms with van der Waals surface area (Å²) in [4.78, 5) is 12.4. The Kier molecular flexibility index (Phi) is 3.65. The Hall–Kier alpha value is -1.56. The first-order chi connectivity index (χ1) is 10.0. The maximum atomic E-state index is 11.7. The summed E-state index contributed by atoms with van der Waals surface area (Å²) in [6.07, 6.45) is -0.823. The van der Waals surface area contributed by atoms with Crippen LogP contribution in [-0.2, 0) is 6.54 Å². The van der Waals surface area contributed by atoms with Crippen molar-refractivity contribution in [3.05, 3.63) is 55.2 Å². The maximum Gasteiger partial charge on any atom is 0.419 e. The van der Waals surface area contributed by atoms with Gasteiger partial charge in [-0.25, -0.2) is 4.79 Å². The lowest BCUT2D eigenvalue weighted by atomic mass is 10.1. The van der Waals surface area contributed by atoms with Gasteiger partial charge in [0.1, 0.15) is 6.10 Å². The van der Waals surface area contributed by atoms with E-state index in [-0.39, 0.29) is 5.76 Å². The Bertz CT molecular complexity index is 862. The molecule has 0 bridgehead atoms. The highest BCUT2D eigenvalue weighted by molar-refractivity contribution is 7.10. The van der Waals surface area contributed by atoms with Gasteiger partial charge in [0.25, 0.3) is 0 Å². The van der Waals surface area contributed by atoms with E-state index in [0.717, 1.165) is 11.1 Å². The topological polar surface area (TPSA) is 55.4 Å². The first-order valence-electron chi connectivity index (χ1n) is 6.57. The highest BCUT2D eigenvalue weighted by atomic mass is 35.5. The second kappa shape index (κ2) is 5.33. The molecule has 2 heterocycles. The molecule has 2 aromatic heterocycles. The zero-order chi connectivity index (χ0) is 15.1. The zero-order valence-electron chi connectivity index (χ0n) is 11.6. The second-order valence-corrected chi connectivity index (χ2v) is 6.13. The Labute approximate surface area is 130 Å². The number of nitrogens with zero attached hydrogens (tertiary/aromatic N) is 1. The predicted octanol–water partition coefficient (Wildman–Crippen LogP) is 3.72. The van der Waals surface area contributed by atoms with Gasteiger partial charge in [-0.15, -0.1) is 11.3 Å². The summed E-state index contributed by atoms with van der Waals surface area (Å²) < 4.78 is 6.77. The van der Waals surface area contributed by atoms with Crippen LogP contribution in [0.25, 0.3) is 11.1 Å². The molecule has 1 N–H and O–H groups in total. The first kappa shape index (κ1) is 14.4. The van der Waals surface area contributed by atoms with Gasteiger partial charge in [0.05, 0.1) is 15.4 Å². The lowest BCUT2D eigenvalue weighted by molar-refractivity contribution is 0.224. The fourth-order valence-corrected chi connectivity index (χ4v) is 3.65. The summed E-state index contributed by atoms with van der Waals surface area (Å²) in [5, 5.41) is 13.0. The highest BCUT2D eigenvalue weighted by Crippen LogP contribution is 2.36. The van der Waals surface area contributed by atoms with Crippen molar-refractivity contribution in [3.63, 3.8) is 0 Å². The van der Waals surface area contributed by atoms with Crippen LogP contribution in [0.2, 0.25) is 5.02 Å². The van der Waals surface area contributed by atoms with Gasteiger partial charge >= 0.3 is 5.76 Å². The summed E-state index contributed by atoms with van der Waals surface area (Å²) in [5.74, 6) is -0.385. The fraction of sp³-hybridized carbons (Fsp3) is 0.267. The lowest BCUT2D eigenvalue weighted by Crippen LogP contribution is -2.11. The van der Waals surface area contributed by atoms with E-state index in [1.54, 1.807) is 22.8 Å². The quantitative estimate of drug-likeness (QED) is 0.799. The summed E-state index contributed by atoms with van der Waals surface area (Å²) >= 11 is 7.61. The number of aromatic nitrogens is 1. The van der Waals surface area contributed by atoms with E-state index < -0.39 is 6.10 Å². The van der Waals surface area contributed by atoms with Gasteiger partial charge < -0.3 is 9.52 Å². The molecule has 4 nitrogen and oxygen atoms in total. The van der Waals surface area contributed by atoms with Crippen LogP contribution in [0, 0.1) is 6.92 Å². The molecule has 0 fully saturated rings. The number of aryl methyl sites for hydroxylation is 2. The molecule has 0 aliphatic carbocycles. The SMILES string of the molecule is CCn1c(=O)oc2cc(C(O)c3scc(C)c3Cl)ccc21. The van der Waals surface area contributed by atoms with E-state index in [2.05, 4.69) is 0 Å². The monoisotopic (exact) mass is 323 g/mol. The summed E-state index contributed by atoms with van der Waals surface area (Å²) in [7, 11) is 0. The molecule has 0 radical (unpaired) electrons. The van der Waals surface area contributed by atoms with Gasteiger partial charge in [-0.2, -0.15) is 0 Å². The van der Waals surface area contributed by atoms with Gasteiger partial charge in [0.2, 0.25) is 0 Å². The number of rotatable bonds is 3. The van der Waals surface area contributed by atoms with Crippen LogP contribution in [-0.4, -0.2) is 9.67 Å². The van der Waals surface area contributed by atoms with Gasteiger partial charge in [-0.05, 0) is 42.5 Å². The van der Waals surface area contributed by atoms with Crippen LogP contribution in [0.15, 0.2) is 32.8 Å². The molecule has 1 unspecified atom stereocenters. The number of hydrogen-bond donors (Lipinski definition) is 1. The Balaban J connectivity index is 2.09. The highest BCUT2D eigenvalue weighted by Gasteiger charge is 2.19. The van der Waals surface area contributed by atoms with Crippen LogP contribution < -0.4 is 5.76 Å². The van der Waals surface area contributed by atoms with Crippen molar-refractivity contribution in [3.8, 4) is 0 Å². The molecule has 1 aromatic carbocycles. The normalized spacial score (nSPS) is 13.0. The number of oxazole rings is 1. The first-order valence-corrected chi connectivity index (χ1v) is 7.83. The standard InChI is InChI=1S/C15H14ClNO3S/c1-3-17-10-5-4-9(6-11(10)20-15(17)19)13(18)14-12(16)8(2)7-21-14/h4-7,13,18H,3H2,1-2H3. The third kappa shape index (κ3) is 2.31. The minimum atomic E-state index is -0.823. The average molecular weight is 324 g/mol. The average Bonchev–Trinajstić information content (AvgIpc) is 2.97. The number of aliphatic hydroxyl groups excluding tert-OH is 1. The van der Waals surface area contributed by atoms with Crippen molar-refractivity contribution in [2.24, 2.45) is 0 Å². The van der Waals surface area contributed by atoms with Crippen LogP contribution in [0.1, 0.15) is 29.0 Å².